The van der Waals surface area contributed by atoms with E-state index >= 15 is 0 Å². The molecule has 50 heavy (non-hydrogen) atoms. The van der Waals surface area contributed by atoms with E-state index < -0.39 is 11.3 Å². The smallest absolute Gasteiger partial charge is 0.276 e. The summed E-state index contributed by atoms with van der Waals surface area (Å²) in [5, 5.41) is 43.6. The van der Waals surface area contributed by atoms with Crippen molar-refractivity contribution < 1.29 is 19.4 Å². The summed E-state index contributed by atoms with van der Waals surface area (Å²) in [5.74, 6) is 0.360. The van der Waals surface area contributed by atoms with Crippen LogP contribution in [-0.2, 0) is 21.4 Å². The van der Waals surface area contributed by atoms with Crippen LogP contribution < -0.4 is 15.8 Å². The van der Waals surface area contributed by atoms with Crippen LogP contribution in [-0.4, -0.2) is 87.2 Å². The van der Waals surface area contributed by atoms with Gasteiger partial charge in [0, 0.05) is 47.1 Å². The van der Waals surface area contributed by atoms with Gasteiger partial charge in [-0.05, 0) is 89.9 Å². The summed E-state index contributed by atoms with van der Waals surface area (Å²) >= 11 is 1.42. The van der Waals surface area contributed by atoms with E-state index in [2.05, 4.69) is 33.3 Å². The van der Waals surface area contributed by atoms with Gasteiger partial charge in [-0.1, -0.05) is 0 Å². The highest BCUT2D eigenvalue weighted by Crippen LogP contribution is 2.54. The number of fused-ring (bicyclic) bond motifs is 2. The predicted molar refractivity (Wildman–Crippen MR) is 191 cm³/mol. The second-order valence-corrected chi connectivity index (χ2v) is 15.0. The van der Waals surface area contributed by atoms with Crippen LogP contribution in [0.1, 0.15) is 80.1 Å². The largest absolute Gasteiger partial charge is 0.511 e. The molecule has 0 saturated carbocycles. The fourth-order valence-corrected chi connectivity index (χ4v) is 9.42. The molecule has 2 aromatic rings. The Morgan fingerprint density at radius 2 is 2.10 bits per heavy atom. The molecule has 2 aromatic heterocycles. The maximum absolute atomic E-state index is 13.1. The van der Waals surface area contributed by atoms with Gasteiger partial charge in [0.25, 0.3) is 5.91 Å². The summed E-state index contributed by atoms with van der Waals surface area (Å²) < 4.78 is 11.8. The van der Waals surface area contributed by atoms with Crippen molar-refractivity contribution in [3.63, 3.8) is 0 Å². The van der Waals surface area contributed by atoms with Crippen LogP contribution in [0.5, 0.6) is 5.88 Å². The number of amides is 1. The van der Waals surface area contributed by atoms with E-state index in [1.807, 2.05) is 6.92 Å². The van der Waals surface area contributed by atoms with Crippen molar-refractivity contribution in [3.05, 3.63) is 63.3 Å². The van der Waals surface area contributed by atoms with E-state index in [1.165, 1.54) is 11.3 Å². The van der Waals surface area contributed by atoms with Gasteiger partial charge in [-0.25, -0.2) is 4.98 Å². The molecule has 6 N–H and O–H groups in total. The zero-order chi connectivity index (χ0) is 35.2. The number of carbonyl (C=O) groups excluding carboxylic acids is 1. The number of aliphatic hydroxyl groups is 1. The molecule has 2 aliphatic carbocycles. The first-order valence-corrected chi connectivity index (χ1v) is 18.2. The van der Waals surface area contributed by atoms with E-state index in [1.54, 1.807) is 29.4 Å². The minimum Gasteiger partial charge on any atom is -0.511 e. The van der Waals surface area contributed by atoms with Crippen LogP contribution >= 0.6 is 11.3 Å². The van der Waals surface area contributed by atoms with E-state index in [0.29, 0.717) is 66.4 Å². The van der Waals surface area contributed by atoms with Gasteiger partial charge in [0.05, 0.1) is 23.6 Å². The average molecular weight is 698 g/mol. The summed E-state index contributed by atoms with van der Waals surface area (Å²) in [6.45, 7) is 4.03. The molecule has 5 aliphatic rings. The third-order valence-electron chi connectivity index (χ3n) is 10.9. The highest BCUT2D eigenvalue weighted by molar-refractivity contribution is 7.16. The number of thiophene rings is 1. The molecule has 0 aromatic carbocycles. The number of anilines is 2. The second kappa shape index (κ2) is 13.6. The number of ether oxygens (including phenoxy) is 2. The van der Waals surface area contributed by atoms with Crippen LogP contribution in [0.4, 0.5) is 10.8 Å². The molecule has 1 amide bonds. The number of hydrogen-bond acceptors (Lipinski definition) is 13. The first kappa shape index (κ1) is 33.9. The number of nitrogen functional groups attached to an aromatic ring is 1. The molecule has 7 rings (SSSR count). The molecule has 3 aliphatic heterocycles. The number of aryl methyl sites for hydroxylation is 1. The van der Waals surface area contributed by atoms with Crippen LogP contribution in [0, 0.1) is 22.1 Å². The molecule has 14 heteroatoms. The van der Waals surface area contributed by atoms with Crippen molar-refractivity contribution >= 4 is 39.5 Å². The summed E-state index contributed by atoms with van der Waals surface area (Å²) in [7, 11) is 2.08. The fraction of sp³-hybridized carbons (Fsp3) is 0.500. The molecule has 0 bridgehead atoms. The first-order chi connectivity index (χ1) is 24.1. The van der Waals surface area contributed by atoms with Crippen LogP contribution in [0.25, 0.3) is 0 Å². The number of aliphatic hydroxyl groups excluding tert-OH is 1. The zero-order valence-electron chi connectivity index (χ0n) is 28.4. The second-order valence-electron chi connectivity index (χ2n) is 13.8. The maximum Gasteiger partial charge on any atom is 0.276 e. The maximum atomic E-state index is 13.1. The van der Waals surface area contributed by atoms with Crippen molar-refractivity contribution in [3.8, 4) is 11.9 Å². The highest BCUT2D eigenvalue weighted by Gasteiger charge is 2.47. The lowest BCUT2D eigenvalue weighted by atomic mass is 9.63. The molecule has 0 radical (unpaired) electrons. The monoisotopic (exact) mass is 697 g/mol. The fourth-order valence-electron chi connectivity index (χ4n) is 8.26. The SMILES string of the molecule is C[C@H](Oc1cc(N/C=C2/C=CN([C@@H]3CCOC3)C(=O)C2=N)nc(C(=N)C2=C(O)[C@@]3(CCC2)CCCc2sc(N)c(C#N)c23)n1)[C@@H]1CCCN1C. The Labute approximate surface area is 295 Å². The highest BCUT2D eigenvalue weighted by atomic mass is 32.1. The van der Waals surface area contributed by atoms with E-state index in [4.69, 9.17) is 20.6 Å². The van der Waals surface area contributed by atoms with Crippen LogP contribution in [0.2, 0.25) is 0 Å². The van der Waals surface area contributed by atoms with E-state index in [-0.39, 0.29) is 47.1 Å². The molecule has 2 fully saturated rings. The summed E-state index contributed by atoms with van der Waals surface area (Å²) in [6.07, 6.45) is 11.7. The Morgan fingerprint density at radius 1 is 1.30 bits per heavy atom. The quantitative estimate of drug-likeness (QED) is 0.235. The van der Waals surface area contributed by atoms with Gasteiger partial charge in [0.15, 0.2) is 5.82 Å². The minimum absolute atomic E-state index is 0.0166. The van der Waals surface area contributed by atoms with Gasteiger partial charge < -0.3 is 30.5 Å². The normalized spacial score (nSPS) is 26.8. The summed E-state index contributed by atoms with van der Waals surface area (Å²) in [6, 6.07) is 4.05. The average Bonchev–Trinajstić information content (AvgIpc) is 3.87. The lowest BCUT2D eigenvalue weighted by molar-refractivity contribution is -0.123. The number of hydrogen-bond donors (Lipinski definition) is 5. The van der Waals surface area contributed by atoms with Crippen molar-refractivity contribution in [2.24, 2.45) is 0 Å². The predicted octanol–water partition coefficient (Wildman–Crippen LogP) is 4.95. The molecule has 5 heterocycles. The van der Waals surface area contributed by atoms with Crippen molar-refractivity contribution in [2.75, 3.05) is 37.9 Å². The molecule has 2 saturated heterocycles. The topological polar surface area (TPSA) is 198 Å². The summed E-state index contributed by atoms with van der Waals surface area (Å²) in [4.78, 5) is 27.3. The number of nitrogens with two attached hydrogens (primary N) is 1. The molecule has 13 nitrogen and oxygen atoms in total. The summed E-state index contributed by atoms with van der Waals surface area (Å²) in [5.41, 5.74) is 7.40. The van der Waals surface area contributed by atoms with Crippen LogP contribution in [0.15, 0.2) is 41.4 Å². The zero-order valence-corrected chi connectivity index (χ0v) is 29.2. The van der Waals surface area contributed by atoms with Crippen molar-refractivity contribution in [1.82, 2.24) is 19.8 Å². The Balaban J connectivity index is 1.23. The van der Waals surface area contributed by atoms with Gasteiger partial charge in [-0.3, -0.25) is 20.5 Å². The number of nitrogens with one attached hydrogen (secondary N) is 3. The number of rotatable bonds is 8. The van der Waals surface area contributed by atoms with Gasteiger partial charge >= 0.3 is 0 Å². The van der Waals surface area contributed by atoms with Gasteiger partial charge in [-0.2, -0.15) is 10.2 Å². The van der Waals surface area contributed by atoms with Gasteiger partial charge in [0.1, 0.15) is 40.2 Å². The van der Waals surface area contributed by atoms with Crippen molar-refractivity contribution in [1.29, 1.82) is 16.1 Å². The molecule has 0 unspecified atom stereocenters. The third-order valence-corrected chi connectivity index (χ3v) is 11.9. The Bertz CT molecular complexity index is 1870. The third kappa shape index (κ3) is 5.97. The standard InChI is InChI=1S/C36H43N9O4S/c1-20(25-7-5-13-44(25)2)49-28-16-27(41-18-21-9-14-45(35(47)30(21)38)22-10-15-48-19-22)42-34(43-28)31(39)23-6-3-11-36(32(23)46)12-4-8-26-29(36)24(17-37)33(40)50-26/h9,14,16,18,20,22,25,38-39,46H,3-8,10-13,15,19,40H2,1-2H3,(H,41,42,43)/b21-18-,38-30?,39-31?/t20-,22+,25-,36-/m0/s1. The lowest BCUT2D eigenvalue weighted by Gasteiger charge is -2.41. The molecule has 1 spiro atoms. The van der Waals surface area contributed by atoms with E-state index in [0.717, 1.165) is 49.1 Å². The van der Waals surface area contributed by atoms with Crippen molar-refractivity contribution in [2.45, 2.75) is 88.3 Å². The van der Waals surface area contributed by atoms with E-state index in [9.17, 15) is 20.6 Å². The number of nitrogens with zero attached hydrogens (tertiary/aromatic N) is 5. The molecule has 262 valence electrons. The number of nitriles is 1. The number of aromatic nitrogens is 2. The first-order valence-electron chi connectivity index (χ1n) is 17.3. The Hall–Kier alpha value is -4.58. The molecular weight excluding hydrogens is 655 g/mol. The number of allylic oxidation sites excluding steroid dienone is 3. The number of likely N-dealkylation sites (N-methyl/N-ethyl adjacent to an activating group) is 1. The minimum atomic E-state index is -0.785. The Morgan fingerprint density at radius 3 is 2.82 bits per heavy atom. The number of likely N-dealkylation sites (tertiary alicyclic amines) is 1. The molecule has 4 atom stereocenters. The Kier molecular flexibility index (Phi) is 9.23. The lowest BCUT2D eigenvalue weighted by Crippen LogP contribution is -2.43. The van der Waals surface area contributed by atoms with Gasteiger partial charge in [0.2, 0.25) is 5.88 Å². The number of carbonyl (C=O) groups is 1. The van der Waals surface area contributed by atoms with Crippen LogP contribution in [0.3, 0.4) is 0 Å². The van der Waals surface area contributed by atoms with Gasteiger partial charge in [-0.15, -0.1) is 11.3 Å². The molecular formula is C36H43N9O4S.